The zero-order valence-electron chi connectivity index (χ0n) is 28.1. The number of hydrogen-bond donors (Lipinski definition) is 0. The van der Waals surface area contributed by atoms with Gasteiger partial charge >= 0.3 is 99.8 Å². The van der Waals surface area contributed by atoms with Gasteiger partial charge in [0, 0.05) is 37.3 Å². The van der Waals surface area contributed by atoms with Crippen LogP contribution in [0.15, 0.2) is 120 Å². The number of halogens is 1. The van der Waals surface area contributed by atoms with Crippen molar-refractivity contribution in [2.24, 2.45) is 5.92 Å². The van der Waals surface area contributed by atoms with Crippen molar-refractivity contribution in [2.75, 3.05) is 0 Å². The Labute approximate surface area is 304 Å². The molecule has 3 nitrogen and oxygen atoms in total. The summed E-state index contributed by atoms with van der Waals surface area (Å²) >= 11 is -1.72. The molecule has 1 radical (unpaired) electrons. The summed E-state index contributed by atoms with van der Waals surface area (Å²) in [7, 11) is 0. The first-order valence-corrected chi connectivity index (χ1v) is 24.2. The predicted octanol–water partition coefficient (Wildman–Crippen LogP) is 11.1. The molecule has 0 unspecified atom stereocenters. The zero-order valence-corrected chi connectivity index (χ0v) is 32.6. The molecular weight excluding hydrogens is 844 g/mol. The van der Waals surface area contributed by atoms with Crippen LogP contribution in [0.1, 0.15) is 31.2 Å². The summed E-state index contributed by atoms with van der Waals surface area (Å²) in [6.07, 6.45) is 10.4. The van der Waals surface area contributed by atoms with E-state index in [1.165, 1.54) is 41.7 Å². The topological polar surface area (TPSA) is 38.9 Å². The van der Waals surface area contributed by atoms with Crippen LogP contribution in [0.3, 0.4) is 0 Å². The molecule has 1 fully saturated rings. The number of pyridine rings is 2. The third kappa shape index (κ3) is 7.96. The first-order valence-electron chi connectivity index (χ1n) is 16.8. The molecule has 4 aromatic carbocycles. The molecule has 8 rings (SSSR count). The number of benzene rings is 4. The number of fused-ring (bicyclic) bond motifs is 3. The van der Waals surface area contributed by atoms with Crippen molar-refractivity contribution in [3.05, 3.63) is 139 Å². The number of nitrogens with zero attached hydrogens (tertiary/aromatic N) is 2. The standard InChI is InChI=1S/C29H23FNO.C14H16GeN.Ir/c30-26-11-4-3-8-22(26)21-12-13-23-24-9-5-10-25(29(24)32-28(23)18-21)27-17-20(14-15-31-27)16-19-6-1-2-7-19;1-15(2,3)13-9-10-14(16-11-13)12-7-5-4-6-8-12;/h3-5,8-9,11-15,17-19H,1-2,6-7,16H2;4-7,9-11H,1-3H3;/q2*-1;. The first-order chi connectivity index (χ1) is 23.3. The summed E-state index contributed by atoms with van der Waals surface area (Å²) in [5.74, 6) is 7.69. The molecule has 0 saturated heterocycles. The number of aromatic nitrogens is 2. The third-order valence-corrected chi connectivity index (χ3v) is 13.6. The largest absolute Gasteiger partial charge is 0 e. The quantitative estimate of drug-likeness (QED) is 0.123. The molecule has 1 aliphatic rings. The van der Waals surface area contributed by atoms with Crippen LogP contribution in [0.4, 0.5) is 4.39 Å². The molecule has 0 aliphatic heterocycles. The minimum Gasteiger partial charge on any atom is 0 e. The second-order valence-electron chi connectivity index (χ2n) is 13.8. The summed E-state index contributed by atoms with van der Waals surface area (Å²) in [4.78, 5) is 9.17. The van der Waals surface area contributed by atoms with Crippen molar-refractivity contribution in [2.45, 2.75) is 49.4 Å². The molecule has 0 bridgehead atoms. The summed E-state index contributed by atoms with van der Waals surface area (Å²) in [5, 5.41) is 2.04. The van der Waals surface area contributed by atoms with E-state index in [1.807, 2.05) is 73.1 Å². The number of furan rings is 1. The van der Waals surface area contributed by atoms with Crippen molar-refractivity contribution >= 4 is 39.6 Å². The van der Waals surface area contributed by atoms with Gasteiger partial charge in [0.25, 0.3) is 0 Å². The van der Waals surface area contributed by atoms with E-state index in [4.69, 9.17) is 4.42 Å². The van der Waals surface area contributed by atoms with Crippen LogP contribution >= 0.6 is 0 Å². The Morgan fingerprint density at radius 2 is 1.61 bits per heavy atom. The third-order valence-electron chi connectivity index (χ3n) is 9.31. The first kappa shape index (κ1) is 34.9. The molecule has 1 saturated carbocycles. The van der Waals surface area contributed by atoms with Crippen LogP contribution < -0.4 is 4.40 Å². The normalized spacial score (nSPS) is 13.2. The molecule has 249 valence electrons. The van der Waals surface area contributed by atoms with Crippen LogP contribution in [0.25, 0.3) is 55.6 Å². The minimum absolute atomic E-state index is 0. The van der Waals surface area contributed by atoms with Crippen molar-refractivity contribution in [1.82, 2.24) is 9.97 Å². The Bertz CT molecular complexity index is 2170. The number of hydrogen-bond acceptors (Lipinski definition) is 3. The van der Waals surface area contributed by atoms with Gasteiger partial charge in [0.05, 0.1) is 5.58 Å². The van der Waals surface area contributed by atoms with Crippen molar-refractivity contribution in [3.8, 4) is 33.6 Å². The van der Waals surface area contributed by atoms with E-state index in [-0.39, 0.29) is 25.9 Å². The van der Waals surface area contributed by atoms with Gasteiger partial charge in [0.15, 0.2) is 0 Å². The van der Waals surface area contributed by atoms with E-state index in [0.29, 0.717) is 5.56 Å². The van der Waals surface area contributed by atoms with Crippen molar-refractivity contribution < 1.29 is 28.9 Å². The molecule has 0 atom stereocenters. The van der Waals surface area contributed by atoms with E-state index >= 15 is 0 Å². The van der Waals surface area contributed by atoms with Crippen molar-refractivity contribution in [3.63, 3.8) is 0 Å². The summed E-state index contributed by atoms with van der Waals surface area (Å²) < 4.78 is 22.1. The maximum atomic E-state index is 14.3. The Morgan fingerprint density at radius 1 is 0.796 bits per heavy atom. The van der Waals surface area contributed by atoms with Crippen LogP contribution in [0, 0.1) is 23.9 Å². The second-order valence-corrected chi connectivity index (χ2v) is 24.4. The Morgan fingerprint density at radius 3 is 2.35 bits per heavy atom. The zero-order chi connectivity index (χ0) is 33.1. The SMILES string of the molecule is Fc1ccccc1-c1ccc2c(c1)oc1c(-c3cc(CC4CCCC4)ccn3)[c-]ccc12.[CH3][Ge]([CH3])([CH3])[c]1ccc(-c2[c-]cccc2)nc1.[Ir]. The maximum absolute atomic E-state index is 14.3. The Kier molecular flexibility index (Phi) is 10.9. The summed E-state index contributed by atoms with van der Waals surface area (Å²) in [6.45, 7) is 0. The van der Waals surface area contributed by atoms with Gasteiger partial charge in [-0.3, -0.25) is 0 Å². The van der Waals surface area contributed by atoms with Crippen LogP contribution in [0.2, 0.25) is 17.3 Å². The monoisotopic (exact) mass is 885 g/mol. The smallest absolute Gasteiger partial charge is 0 e. The molecule has 0 amide bonds. The van der Waals surface area contributed by atoms with E-state index < -0.39 is 13.3 Å². The van der Waals surface area contributed by atoms with Gasteiger partial charge in [-0.15, -0.1) is 18.2 Å². The van der Waals surface area contributed by atoms with Gasteiger partial charge in [-0.1, -0.05) is 78.6 Å². The minimum atomic E-state index is -1.72. The second kappa shape index (κ2) is 15.3. The van der Waals surface area contributed by atoms with Gasteiger partial charge in [-0.05, 0) is 41.8 Å². The van der Waals surface area contributed by atoms with Gasteiger partial charge in [0.1, 0.15) is 11.4 Å². The average molecular weight is 884 g/mol. The summed E-state index contributed by atoms with van der Waals surface area (Å²) in [5.41, 5.74) is 8.05. The molecule has 49 heavy (non-hydrogen) atoms. The van der Waals surface area contributed by atoms with Crippen LogP contribution in [0.5, 0.6) is 0 Å². The van der Waals surface area contributed by atoms with Gasteiger partial charge in [-0.2, -0.15) is 0 Å². The fourth-order valence-electron chi connectivity index (χ4n) is 6.63. The maximum Gasteiger partial charge on any atom is 0 e. The fourth-order valence-corrected chi connectivity index (χ4v) is 8.80. The Hall–Kier alpha value is -3.90. The van der Waals surface area contributed by atoms with Crippen LogP contribution in [-0.4, -0.2) is 23.2 Å². The fraction of sp³-hybridized carbons (Fsp3) is 0.209. The molecule has 1 aliphatic carbocycles. The summed E-state index contributed by atoms with van der Waals surface area (Å²) in [6, 6.07) is 39.8. The van der Waals surface area contributed by atoms with E-state index in [9.17, 15) is 4.39 Å². The molecule has 3 aromatic heterocycles. The van der Waals surface area contributed by atoms with E-state index in [2.05, 4.69) is 63.6 Å². The molecule has 6 heteroatoms. The average Bonchev–Trinajstić information content (AvgIpc) is 3.76. The molecule has 0 spiro atoms. The molecule has 7 aromatic rings. The molecule has 3 heterocycles. The van der Waals surface area contributed by atoms with Crippen molar-refractivity contribution in [1.29, 1.82) is 0 Å². The predicted molar refractivity (Wildman–Crippen MR) is 198 cm³/mol. The molecule has 0 N–H and O–H groups in total. The number of rotatable bonds is 6. The van der Waals surface area contributed by atoms with Gasteiger partial charge in [0.2, 0.25) is 0 Å². The van der Waals surface area contributed by atoms with Crippen LogP contribution in [-0.2, 0) is 26.5 Å². The van der Waals surface area contributed by atoms with Gasteiger partial charge < -0.3 is 9.40 Å². The Balaban J connectivity index is 0.000000208. The molecular formula is C43H39FGeIrN2O-2. The van der Waals surface area contributed by atoms with Gasteiger partial charge in [-0.25, -0.2) is 4.39 Å². The van der Waals surface area contributed by atoms with E-state index in [1.54, 1.807) is 12.1 Å². The van der Waals surface area contributed by atoms with E-state index in [0.717, 1.165) is 62.4 Å².